The second-order valence-corrected chi connectivity index (χ2v) is 8.15. The molecule has 1 nitrogen and oxygen atoms in total. The normalized spacial score (nSPS) is 33.0. The van der Waals surface area contributed by atoms with Crippen molar-refractivity contribution in [2.45, 2.75) is 52.0 Å². The van der Waals surface area contributed by atoms with Gasteiger partial charge in [-0.3, -0.25) is 0 Å². The molecule has 3 heteroatoms. The standard InChI is InChI=1S/C15H24ClNS/c1-10(2)13-6-4-11(3)8-15(13,17)9-12-5-7-14(16)18-12/h5,7,10-11,13H,4,6,8-9,17H2,1-3H3. The maximum Gasteiger partial charge on any atom is 0.0931 e. The zero-order valence-corrected chi connectivity index (χ0v) is 13.2. The molecule has 2 N–H and O–H groups in total. The summed E-state index contributed by atoms with van der Waals surface area (Å²) in [4.78, 5) is 1.34. The van der Waals surface area contributed by atoms with Gasteiger partial charge in [-0.05, 0) is 42.7 Å². The van der Waals surface area contributed by atoms with Gasteiger partial charge in [0.05, 0.1) is 4.34 Å². The van der Waals surface area contributed by atoms with E-state index in [1.165, 1.54) is 17.7 Å². The molecule has 0 amide bonds. The van der Waals surface area contributed by atoms with E-state index in [2.05, 4.69) is 26.8 Å². The van der Waals surface area contributed by atoms with Crippen molar-refractivity contribution in [2.24, 2.45) is 23.5 Å². The van der Waals surface area contributed by atoms with E-state index in [0.29, 0.717) is 11.8 Å². The van der Waals surface area contributed by atoms with Crippen LogP contribution in [-0.2, 0) is 6.42 Å². The van der Waals surface area contributed by atoms with Gasteiger partial charge in [0.1, 0.15) is 0 Å². The number of halogens is 1. The van der Waals surface area contributed by atoms with Crippen molar-refractivity contribution < 1.29 is 0 Å². The first-order chi connectivity index (χ1) is 8.40. The van der Waals surface area contributed by atoms with E-state index in [9.17, 15) is 0 Å². The summed E-state index contributed by atoms with van der Waals surface area (Å²) in [6.07, 6.45) is 4.73. The molecule has 1 aliphatic rings. The van der Waals surface area contributed by atoms with E-state index < -0.39 is 0 Å². The first-order valence-electron chi connectivity index (χ1n) is 6.94. The molecule has 102 valence electrons. The molecule has 0 spiro atoms. The molecule has 1 fully saturated rings. The largest absolute Gasteiger partial charge is 0.325 e. The Hall–Kier alpha value is -0.0500. The third kappa shape index (κ3) is 3.09. The fraction of sp³-hybridized carbons (Fsp3) is 0.733. The van der Waals surface area contributed by atoms with Crippen molar-refractivity contribution in [3.63, 3.8) is 0 Å². The summed E-state index contributed by atoms with van der Waals surface area (Å²) in [6.45, 7) is 6.95. The molecular weight excluding hydrogens is 262 g/mol. The maximum atomic E-state index is 6.80. The highest BCUT2D eigenvalue weighted by Crippen LogP contribution is 2.42. The Morgan fingerprint density at radius 2 is 2.17 bits per heavy atom. The van der Waals surface area contributed by atoms with Crippen LogP contribution in [-0.4, -0.2) is 5.54 Å². The molecule has 1 aromatic rings. The molecule has 0 aliphatic heterocycles. The Morgan fingerprint density at radius 1 is 1.44 bits per heavy atom. The maximum absolute atomic E-state index is 6.80. The van der Waals surface area contributed by atoms with Gasteiger partial charge in [0.2, 0.25) is 0 Å². The molecule has 0 saturated heterocycles. The van der Waals surface area contributed by atoms with Crippen molar-refractivity contribution in [3.05, 3.63) is 21.3 Å². The lowest BCUT2D eigenvalue weighted by Gasteiger charge is -2.46. The minimum Gasteiger partial charge on any atom is -0.325 e. The van der Waals surface area contributed by atoms with Crippen LogP contribution in [0.15, 0.2) is 12.1 Å². The van der Waals surface area contributed by atoms with E-state index in [1.807, 2.05) is 6.07 Å². The van der Waals surface area contributed by atoms with Crippen LogP contribution in [0.4, 0.5) is 0 Å². The summed E-state index contributed by atoms with van der Waals surface area (Å²) in [5.74, 6) is 2.05. The van der Waals surface area contributed by atoms with Gasteiger partial charge in [0, 0.05) is 16.8 Å². The third-order valence-electron chi connectivity index (χ3n) is 4.37. The molecule has 1 aromatic heterocycles. The molecule has 1 aliphatic carbocycles. The van der Waals surface area contributed by atoms with Gasteiger partial charge in [-0.1, -0.05) is 38.8 Å². The molecular formula is C15H24ClNS. The van der Waals surface area contributed by atoms with Gasteiger partial charge in [0.15, 0.2) is 0 Å². The molecule has 1 heterocycles. The average Bonchev–Trinajstić information content (AvgIpc) is 2.62. The zero-order chi connectivity index (χ0) is 13.3. The second kappa shape index (κ2) is 5.52. The Labute approximate surface area is 120 Å². The van der Waals surface area contributed by atoms with Crippen LogP contribution in [0.25, 0.3) is 0 Å². The van der Waals surface area contributed by atoms with Crippen LogP contribution in [0, 0.1) is 17.8 Å². The number of nitrogens with two attached hydrogens (primary N) is 1. The highest BCUT2D eigenvalue weighted by atomic mass is 35.5. The summed E-state index contributed by atoms with van der Waals surface area (Å²) in [5, 5.41) is 0. The Bertz CT molecular complexity index is 401. The smallest absolute Gasteiger partial charge is 0.0931 e. The van der Waals surface area contributed by atoms with E-state index >= 15 is 0 Å². The van der Waals surface area contributed by atoms with Gasteiger partial charge in [0.25, 0.3) is 0 Å². The molecule has 1 saturated carbocycles. The lowest BCUT2D eigenvalue weighted by Crippen LogP contribution is -2.54. The topological polar surface area (TPSA) is 26.0 Å². The van der Waals surface area contributed by atoms with Gasteiger partial charge in [-0.2, -0.15) is 0 Å². The lowest BCUT2D eigenvalue weighted by atomic mass is 9.64. The summed E-state index contributed by atoms with van der Waals surface area (Å²) in [6, 6.07) is 4.12. The quantitative estimate of drug-likeness (QED) is 0.853. The molecule has 0 radical (unpaired) electrons. The van der Waals surface area contributed by atoms with Crippen LogP contribution in [0.2, 0.25) is 4.34 Å². The van der Waals surface area contributed by atoms with E-state index in [4.69, 9.17) is 17.3 Å². The monoisotopic (exact) mass is 285 g/mol. The van der Waals surface area contributed by atoms with E-state index in [1.54, 1.807) is 11.3 Å². The van der Waals surface area contributed by atoms with Crippen LogP contribution in [0.3, 0.4) is 0 Å². The fourth-order valence-corrected chi connectivity index (χ4v) is 4.85. The fourth-order valence-electron chi connectivity index (χ4n) is 3.63. The molecule has 18 heavy (non-hydrogen) atoms. The number of hydrogen-bond acceptors (Lipinski definition) is 2. The predicted molar refractivity (Wildman–Crippen MR) is 81.3 cm³/mol. The van der Waals surface area contributed by atoms with Crippen LogP contribution >= 0.6 is 22.9 Å². The minimum absolute atomic E-state index is 0.0417. The van der Waals surface area contributed by atoms with Crippen LogP contribution in [0.1, 0.15) is 44.9 Å². The van der Waals surface area contributed by atoms with Crippen molar-refractivity contribution in [3.8, 4) is 0 Å². The van der Waals surface area contributed by atoms with Gasteiger partial charge in [-0.15, -0.1) is 11.3 Å². The summed E-state index contributed by atoms with van der Waals surface area (Å²) < 4.78 is 0.874. The Balaban J connectivity index is 2.18. The van der Waals surface area contributed by atoms with Gasteiger partial charge < -0.3 is 5.73 Å². The molecule has 0 aromatic carbocycles. The number of thiophene rings is 1. The SMILES string of the molecule is CC1CCC(C(C)C)C(N)(Cc2ccc(Cl)s2)C1. The number of hydrogen-bond donors (Lipinski definition) is 1. The summed E-state index contributed by atoms with van der Waals surface area (Å²) in [7, 11) is 0. The van der Waals surface area contributed by atoms with Crippen molar-refractivity contribution >= 4 is 22.9 Å². The van der Waals surface area contributed by atoms with Gasteiger partial charge in [-0.25, -0.2) is 0 Å². The summed E-state index contributed by atoms with van der Waals surface area (Å²) in [5.41, 5.74) is 6.76. The molecule has 3 atom stereocenters. The summed E-state index contributed by atoms with van der Waals surface area (Å²) >= 11 is 7.71. The molecule has 2 rings (SSSR count). The predicted octanol–water partition coefficient (Wildman–Crippen LogP) is 4.73. The first kappa shape index (κ1) is 14.4. The van der Waals surface area contributed by atoms with Gasteiger partial charge >= 0.3 is 0 Å². The lowest BCUT2D eigenvalue weighted by molar-refractivity contribution is 0.110. The molecule has 3 unspecified atom stereocenters. The molecule has 0 bridgehead atoms. The number of rotatable bonds is 3. The minimum atomic E-state index is -0.0417. The van der Waals surface area contributed by atoms with Crippen molar-refractivity contribution in [2.75, 3.05) is 0 Å². The second-order valence-electron chi connectivity index (χ2n) is 6.35. The van der Waals surface area contributed by atoms with E-state index in [-0.39, 0.29) is 5.54 Å². The van der Waals surface area contributed by atoms with Crippen molar-refractivity contribution in [1.29, 1.82) is 0 Å². The first-order valence-corrected chi connectivity index (χ1v) is 8.13. The zero-order valence-electron chi connectivity index (χ0n) is 11.6. The highest BCUT2D eigenvalue weighted by Gasteiger charge is 2.41. The van der Waals surface area contributed by atoms with Crippen molar-refractivity contribution in [1.82, 2.24) is 0 Å². The van der Waals surface area contributed by atoms with E-state index in [0.717, 1.165) is 23.1 Å². The third-order valence-corrected chi connectivity index (χ3v) is 5.61. The Kier molecular flexibility index (Phi) is 4.40. The van der Waals surface area contributed by atoms with Crippen LogP contribution < -0.4 is 5.73 Å². The highest BCUT2D eigenvalue weighted by molar-refractivity contribution is 7.16. The average molecular weight is 286 g/mol. The Morgan fingerprint density at radius 3 is 2.72 bits per heavy atom. The van der Waals surface area contributed by atoms with Crippen LogP contribution in [0.5, 0.6) is 0 Å².